The average molecular weight is 1870 g/mol. The molecule has 5 saturated heterocycles. The van der Waals surface area contributed by atoms with Crippen molar-refractivity contribution in [2.75, 3.05) is 118 Å². The summed E-state index contributed by atoms with van der Waals surface area (Å²) in [6.45, 7) is -3.24. The predicted octanol–water partition coefficient (Wildman–Crippen LogP) is -10.5. The number of hydrogen-bond donors (Lipinski definition) is 22. The number of imide groups is 1. The molecule has 50 heteroatoms. The highest BCUT2D eigenvalue weighted by molar-refractivity contribution is 6.01. The number of aldehydes is 1. The molecule has 5 aliphatic heterocycles. The minimum atomic E-state index is -1.75. The Bertz CT molecular complexity index is 3570. The molecule has 5 heterocycles. The highest BCUT2D eigenvalue weighted by atomic mass is 16.7. The van der Waals surface area contributed by atoms with Gasteiger partial charge in [-0.1, -0.05) is 19.3 Å². The van der Waals surface area contributed by atoms with Crippen LogP contribution in [0.15, 0.2) is 0 Å². The number of unbranched alkanes of at least 4 members (excludes halogenated alkanes) is 8. The third kappa shape index (κ3) is 41.5. The smallest absolute Gasteiger partial charge is 0.333 e. The Hall–Kier alpha value is -8.88. The van der Waals surface area contributed by atoms with Gasteiger partial charge in [0.25, 0.3) is 11.8 Å². The summed E-state index contributed by atoms with van der Waals surface area (Å²) >= 11 is 0. The maximum atomic E-state index is 14.1. The Morgan fingerprint density at radius 2 is 0.815 bits per heavy atom. The van der Waals surface area contributed by atoms with Crippen LogP contribution in [0, 0.1) is 0 Å². The van der Waals surface area contributed by atoms with Crippen LogP contribution in [0.1, 0.15) is 168 Å². The lowest BCUT2D eigenvalue weighted by atomic mass is 9.99. The SMILES string of the molecule is C[C@@H]1O[C@@H](OCCNC(=O)CN(CC(=O)NCCO[C@H]2O[C@H](CO)[C@@H](O)[C@H](O)[C@@H]2O)C(=O)CCCCCNC(=O)[C@H](CCC(=O)N[C@@H](CCC(=O)NCCCCCC=O)C(=O)NCCCCCC(=O)N(CC(=O)NCCO[C@@H]2O[C@@H](C)C[C@@H](O)[C@@H]2O)CC(=O)NCCO[C@H]2O[C@H](CO)C[C@H](O)[C@@H]2O)NC(=O)CNC(=O)CCCCC(=O)ON2C(=O)CCC2=O)[C@@H](O)[C@H](O)[C@@H]1O. The fourth-order valence-electron chi connectivity index (χ4n) is 13.8. The van der Waals surface area contributed by atoms with Crippen molar-refractivity contribution in [1.29, 1.82) is 0 Å². The van der Waals surface area contributed by atoms with Gasteiger partial charge < -0.3 is 172 Å². The summed E-state index contributed by atoms with van der Waals surface area (Å²) in [6, 6.07) is -2.91. The first-order chi connectivity index (χ1) is 62.0. The third-order valence-corrected chi connectivity index (χ3v) is 21.2. The number of carbonyl (C=O) groups is 16. The van der Waals surface area contributed by atoms with Crippen LogP contribution in [0.2, 0.25) is 0 Å². The maximum Gasteiger partial charge on any atom is 0.333 e. The number of amides is 14. The second-order valence-electron chi connectivity index (χ2n) is 31.9. The van der Waals surface area contributed by atoms with Crippen molar-refractivity contribution in [3.63, 3.8) is 0 Å². The van der Waals surface area contributed by atoms with Gasteiger partial charge in [0.2, 0.25) is 70.9 Å². The molecule has 0 spiro atoms. The van der Waals surface area contributed by atoms with E-state index in [2.05, 4.69) is 53.2 Å². The van der Waals surface area contributed by atoms with E-state index in [4.69, 9.17) is 42.7 Å². The zero-order valence-corrected chi connectivity index (χ0v) is 73.2. The number of rotatable bonds is 62. The Balaban J connectivity index is 1.21. The molecule has 0 aromatic rings. The van der Waals surface area contributed by atoms with Gasteiger partial charge in [-0.05, 0) is 78.1 Å². The summed E-state index contributed by atoms with van der Waals surface area (Å²) in [7, 11) is 0. The standard InChI is InChI=1S/C80H133N13O37/c1-46-37-51(97)68(113)77(126-46)122-33-28-82-58(103)40-91(41-59(104)83-29-34-123-78-69(114)52(98)38-48(44-95)128-78)62(107)16-7-5-12-26-86-75(120)49(19-21-55(100)81-25-11-3-4-14-32-94)89-56(101)22-20-50(90-57(102)39-88-54(99)15-9-10-18-66(111)130-93-64(109)23-24-65(93)110)76(121)87-27-13-6-8-17-63(108)92(42-60(105)84-30-35-124-79-73(118)71(116)67(112)47(2)127-79)43-61(106)85-31-36-125-80-74(119)72(117)70(115)53(45-96)129-80/h32,46-53,67-74,77-80,95-98,112-119H,3-31,33-45H2,1-2H3,(H,81,100)(H,82,103)(H,83,104)(H,84,105)(H,85,106)(H,86,120)(H,87,121)(H,88,99)(H,89,101)(H,90,102)/t46-,47-,48-,49-,50-,51+,52-,53+,67+,68-,69-,70+,71+,72-,73-,74-,77+,78-,79+,80-/m0/s1. The lowest BCUT2D eigenvalue weighted by Gasteiger charge is -2.39. The molecule has 14 amide bonds. The Labute approximate surface area is 749 Å². The lowest BCUT2D eigenvalue weighted by molar-refractivity contribution is -0.300. The summed E-state index contributed by atoms with van der Waals surface area (Å²) in [5.74, 6) is -11.1. The van der Waals surface area contributed by atoms with E-state index in [0.29, 0.717) is 30.7 Å². The van der Waals surface area contributed by atoms with E-state index < -0.39 is 270 Å². The van der Waals surface area contributed by atoms with Crippen molar-refractivity contribution in [2.24, 2.45) is 0 Å². The van der Waals surface area contributed by atoms with Crippen LogP contribution in [-0.4, -0.2) is 412 Å². The molecule has 0 unspecified atom stereocenters. The van der Waals surface area contributed by atoms with E-state index in [1.54, 1.807) is 6.92 Å². The van der Waals surface area contributed by atoms with E-state index in [0.717, 1.165) is 16.1 Å². The van der Waals surface area contributed by atoms with E-state index >= 15 is 0 Å². The maximum absolute atomic E-state index is 14.1. The quantitative estimate of drug-likeness (QED) is 0.0153. The van der Waals surface area contributed by atoms with Crippen molar-refractivity contribution >= 4 is 95.0 Å². The second kappa shape index (κ2) is 61.0. The normalized spacial score (nSPS) is 25.4. The molecular formula is C80H133N13O37. The Morgan fingerprint density at radius 1 is 0.408 bits per heavy atom. The Kier molecular flexibility index (Phi) is 52.4. The molecule has 22 N–H and O–H groups in total. The molecule has 740 valence electrons. The number of ether oxygens (including phenoxy) is 8. The summed E-state index contributed by atoms with van der Waals surface area (Å²) in [6.07, 6.45) is -22.5. The molecule has 5 aliphatic rings. The van der Waals surface area contributed by atoms with Gasteiger partial charge in [-0.2, -0.15) is 0 Å². The minimum Gasteiger partial charge on any atom is -0.394 e. The van der Waals surface area contributed by atoms with E-state index in [-0.39, 0.29) is 188 Å². The number of aliphatic hydroxyl groups is 12. The first-order valence-corrected chi connectivity index (χ1v) is 43.9. The van der Waals surface area contributed by atoms with Crippen LogP contribution in [0.5, 0.6) is 0 Å². The van der Waals surface area contributed by atoms with Crippen LogP contribution in [0.25, 0.3) is 0 Å². The zero-order valence-electron chi connectivity index (χ0n) is 73.2. The highest BCUT2D eigenvalue weighted by Gasteiger charge is 2.46. The van der Waals surface area contributed by atoms with E-state index in [9.17, 15) is 138 Å². The first kappa shape index (κ1) is 112. The largest absolute Gasteiger partial charge is 0.394 e. The predicted molar refractivity (Wildman–Crippen MR) is 440 cm³/mol. The minimum absolute atomic E-state index is 0.0458. The molecule has 50 nitrogen and oxygen atoms in total. The van der Waals surface area contributed by atoms with Gasteiger partial charge in [0, 0.05) is 116 Å². The molecular weight excluding hydrogens is 1730 g/mol. The van der Waals surface area contributed by atoms with Gasteiger partial charge in [0.15, 0.2) is 25.2 Å². The number of hydrogen-bond acceptors (Lipinski definition) is 37. The summed E-state index contributed by atoms with van der Waals surface area (Å²) in [5, 5.41) is 147. The Morgan fingerprint density at radius 3 is 1.30 bits per heavy atom. The van der Waals surface area contributed by atoms with Crippen LogP contribution in [0.3, 0.4) is 0 Å². The van der Waals surface area contributed by atoms with Gasteiger partial charge in [-0.3, -0.25) is 67.1 Å². The lowest BCUT2D eigenvalue weighted by Crippen LogP contribution is -2.59. The van der Waals surface area contributed by atoms with Crippen LogP contribution < -0.4 is 53.2 Å². The molecule has 5 rings (SSSR count). The molecule has 0 aromatic carbocycles. The molecule has 0 bridgehead atoms. The average Bonchev–Trinajstić information content (AvgIpc) is 1.11. The topological polar surface area (TPSA) is 729 Å². The van der Waals surface area contributed by atoms with Gasteiger partial charge in [0.1, 0.15) is 99.5 Å². The monoisotopic (exact) mass is 1870 g/mol. The van der Waals surface area contributed by atoms with Crippen molar-refractivity contribution in [1.82, 2.24) is 68.0 Å². The zero-order chi connectivity index (χ0) is 95.8. The van der Waals surface area contributed by atoms with Gasteiger partial charge >= 0.3 is 5.97 Å². The molecule has 0 saturated carbocycles. The molecule has 0 aromatic heterocycles. The number of nitrogens with one attached hydrogen (secondary N) is 10. The number of hydroxylamine groups is 2. The van der Waals surface area contributed by atoms with Crippen molar-refractivity contribution in [2.45, 2.75) is 291 Å². The van der Waals surface area contributed by atoms with Crippen LogP contribution in [0.4, 0.5) is 0 Å². The van der Waals surface area contributed by atoms with Gasteiger partial charge in [-0.25, -0.2) is 4.79 Å². The molecule has 0 aliphatic carbocycles. The number of aliphatic hydroxyl groups excluding tert-OH is 12. The van der Waals surface area contributed by atoms with Crippen molar-refractivity contribution < 1.29 is 181 Å². The van der Waals surface area contributed by atoms with Crippen LogP contribution >= 0.6 is 0 Å². The fourth-order valence-corrected chi connectivity index (χ4v) is 13.8. The molecule has 130 heavy (non-hydrogen) atoms. The van der Waals surface area contributed by atoms with Crippen molar-refractivity contribution in [3.8, 4) is 0 Å². The first-order valence-electron chi connectivity index (χ1n) is 43.9. The third-order valence-electron chi connectivity index (χ3n) is 21.2. The number of nitrogens with zero attached hydrogens (tertiary/aromatic N) is 3. The van der Waals surface area contributed by atoms with E-state index in [1.807, 2.05) is 0 Å². The van der Waals surface area contributed by atoms with Gasteiger partial charge in [0.05, 0.1) is 76.7 Å². The summed E-state index contributed by atoms with van der Waals surface area (Å²) in [5.41, 5.74) is 0. The second-order valence-corrected chi connectivity index (χ2v) is 31.9. The number of carbonyl (C=O) groups excluding carboxylic acids is 16. The van der Waals surface area contributed by atoms with Gasteiger partial charge in [-0.15, -0.1) is 5.06 Å². The molecule has 5 fully saturated rings. The molecule has 20 atom stereocenters. The highest BCUT2D eigenvalue weighted by Crippen LogP contribution is 2.26. The summed E-state index contributed by atoms with van der Waals surface area (Å²) < 4.78 is 43.6. The van der Waals surface area contributed by atoms with Crippen LogP contribution in [-0.2, 0) is 119 Å². The summed E-state index contributed by atoms with van der Waals surface area (Å²) in [4.78, 5) is 216. The van der Waals surface area contributed by atoms with Crippen molar-refractivity contribution in [3.05, 3.63) is 0 Å². The fraction of sp³-hybridized carbons (Fsp3) is 0.800. The molecule has 0 radical (unpaired) electrons. The van der Waals surface area contributed by atoms with E-state index in [1.165, 1.54) is 6.92 Å².